The summed E-state index contributed by atoms with van der Waals surface area (Å²) in [6, 6.07) is 16.4. The number of nitrogens with zero attached hydrogens (tertiary/aromatic N) is 2. The van der Waals surface area contributed by atoms with E-state index < -0.39 is 0 Å². The second-order valence-electron chi connectivity index (χ2n) is 7.39. The van der Waals surface area contributed by atoms with Crippen molar-refractivity contribution in [2.45, 2.75) is 37.1 Å². The number of para-hydroxylation sites is 1. The number of benzene rings is 2. The van der Waals surface area contributed by atoms with E-state index in [1.165, 1.54) is 4.90 Å². The van der Waals surface area contributed by atoms with Crippen LogP contribution >= 0.6 is 11.8 Å². The Labute approximate surface area is 184 Å². The van der Waals surface area contributed by atoms with E-state index in [0.717, 1.165) is 55.4 Å². The van der Waals surface area contributed by atoms with Crippen LogP contribution in [0.15, 0.2) is 53.4 Å². The van der Waals surface area contributed by atoms with Gasteiger partial charge in [0, 0.05) is 48.4 Å². The molecule has 0 aliphatic carbocycles. The summed E-state index contributed by atoms with van der Waals surface area (Å²) in [5.41, 5.74) is 1.02. The maximum absolute atomic E-state index is 12.6. The van der Waals surface area contributed by atoms with Crippen molar-refractivity contribution < 1.29 is 14.3 Å². The van der Waals surface area contributed by atoms with Crippen molar-refractivity contribution in [1.82, 2.24) is 4.90 Å². The van der Waals surface area contributed by atoms with E-state index in [2.05, 4.69) is 11.0 Å². The molecule has 1 saturated heterocycles. The molecule has 0 unspecified atom stereocenters. The summed E-state index contributed by atoms with van der Waals surface area (Å²) in [6.07, 6.45) is 2.57. The Morgan fingerprint density at radius 1 is 1.07 bits per heavy atom. The minimum absolute atomic E-state index is 0.212. The third-order valence-corrected chi connectivity index (χ3v) is 6.53. The fraction of sp³-hybridized carbons (Fsp3) is 0.458. The number of likely N-dealkylation sites (tertiary alicyclic amines) is 1. The summed E-state index contributed by atoms with van der Waals surface area (Å²) < 4.78 is 10.7. The molecule has 0 radical (unpaired) electrons. The van der Waals surface area contributed by atoms with Crippen molar-refractivity contribution in [3.05, 3.63) is 48.5 Å². The van der Waals surface area contributed by atoms with Crippen LogP contribution in [0.1, 0.15) is 26.2 Å². The molecular weight excluding hydrogens is 396 g/mol. The fourth-order valence-corrected chi connectivity index (χ4v) is 4.86. The molecule has 1 aliphatic heterocycles. The first kappa shape index (κ1) is 22.5. The van der Waals surface area contributed by atoms with Crippen molar-refractivity contribution in [3.8, 4) is 11.5 Å². The molecule has 0 saturated carbocycles. The number of ether oxygens (including phenoxy) is 2. The quantitative estimate of drug-likeness (QED) is 0.542. The van der Waals surface area contributed by atoms with Gasteiger partial charge in [-0.1, -0.05) is 25.1 Å². The molecule has 0 atom stereocenters. The number of amides is 1. The average Bonchev–Trinajstić information content (AvgIpc) is 2.80. The Bertz CT molecular complexity index is 807. The molecule has 2 aromatic carbocycles. The molecule has 162 valence electrons. The van der Waals surface area contributed by atoms with E-state index in [0.29, 0.717) is 6.42 Å². The Hall–Kier alpha value is -2.18. The van der Waals surface area contributed by atoms with E-state index in [9.17, 15) is 4.79 Å². The number of carbonyl (C=O) groups excluding carboxylic acids is 1. The minimum Gasteiger partial charge on any atom is -0.493 e. The highest BCUT2D eigenvalue weighted by molar-refractivity contribution is 7.99. The standard InChI is InChI=1S/C24H32N2O3S/c1-4-24(27)26(19-8-6-5-7-9-19)20-12-14-25(15-13-20)16-17-30-21-10-11-22(28-2)23(18-21)29-3/h5-11,18,20H,4,12-17H2,1-3H3. The molecule has 0 aromatic heterocycles. The minimum atomic E-state index is 0.212. The van der Waals surface area contributed by atoms with Crippen LogP contribution in [0.3, 0.4) is 0 Å². The highest BCUT2D eigenvalue weighted by Gasteiger charge is 2.28. The first-order valence-electron chi connectivity index (χ1n) is 10.6. The van der Waals surface area contributed by atoms with Crippen molar-refractivity contribution in [3.63, 3.8) is 0 Å². The molecule has 5 nitrogen and oxygen atoms in total. The molecule has 30 heavy (non-hydrogen) atoms. The number of rotatable bonds is 9. The van der Waals surface area contributed by atoms with Crippen LogP contribution < -0.4 is 14.4 Å². The van der Waals surface area contributed by atoms with E-state index in [4.69, 9.17) is 9.47 Å². The van der Waals surface area contributed by atoms with Crippen LogP contribution in [0.25, 0.3) is 0 Å². The highest BCUT2D eigenvalue weighted by Crippen LogP contribution is 2.32. The van der Waals surface area contributed by atoms with Crippen LogP contribution in [0.2, 0.25) is 0 Å². The number of thioether (sulfide) groups is 1. The maximum atomic E-state index is 12.6. The molecule has 1 fully saturated rings. The van der Waals surface area contributed by atoms with E-state index in [-0.39, 0.29) is 11.9 Å². The fourth-order valence-electron chi connectivity index (χ4n) is 3.92. The van der Waals surface area contributed by atoms with Gasteiger partial charge in [0.15, 0.2) is 11.5 Å². The molecule has 6 heteroatoms. The zero-order valence-corrected chi connectivity index (χ0v) is 19.0. The predicted molar refractivity (Wildman–Crippen MR) is 124 cm³/mol. The van der Waals surface area contributed by atoms with Gasteiger partial charge in [0.1, 0.15) is 0 Å². The Balaban J connectivity index is 1.50. The van der Waals surface area contributed by atoms with Gasteiger partial charge in [0.05, 0.1) is 14.2 Å². The van der Waals surface area contributed by atoms with Crippen LogP contribution in [-0.2, 0) is 4.79 Å². The van der Waals surface area contributed by atoms with E-state index in [1.54, 1.807) is 14.2 Å². The third kappa shape index (κ3) is 5.70. The molecule has 1 aliphatic rings. The van der Waals surface area contributed by atoms with E-state index in [1.807, 2.05) is 66.1 Å². The average molecular weight is 429 g/mol. The lowest BCUT2D eigenvalue weighted by molar-refractivity contribution is -0.119. The summed E-state index contributed by atoms with van der Waals surface area (Å²) >= 11 is 1.83. The highest BCUT2D eigenvalue weighted by atomic mass is 32.2. The lowest BCUT2D eigenvalue weighted by Gasteiger charge is -2.38. The number of piperidine rings is 1. The molecule has 0 N–H and O–H groups in total. The first-order valence-corrected chi connectivity index (χ1v) is 11.6. The van der Waals surface area contributed by atoms with Crippen LogP contribution in [0.4, 0.5) is 5.69 Å². The monoisotopic (exact) mass is 428 g/mol. The number of hydrogen-bond donors (Lipinski definition) is 0. The number of hydrogen-bond acceptors (Lipinski definition) is 5. The molecule has 2 aromatic rings. The zero-order valence-electron chi connectivity index (χ0n) is 18.2. The topological polar surface area (TPSA) is 42.0 Å². The third-order valence-electron chi connectivity index (χ3n) is 5.56. The molecular formula is C24H32N2O3S. The molecule has 3 rings (SSSR count). The molecule has 0 spiro atoms. The summed E-state index contributed by atoms with van der Waals surface area (Å²) in [7, 11) is 3.32. The normalized spacial score (nSPS) is 15.0. The Morgan fingerprint density at radius 3 is 2.40 bits per heavy atom. The van der Waals surface area contributed by atoms with Crippen LogP contribution in [-0.4, -0.2) is 56.5 Å². The van der Waals surface area contributed by atoms with Crippen LogP contribution in [0.5, 0.6) is 11.5 Å². The lowest BCUT2D eigenvalue weighted by Crippen LogP contribution is -2.48. The summed E-state index contributed by atoms with van der Waals surface area (Å²) in [5.74, 6) is 2.76. The number of carbonyl (C=O) groups is 1. The lowest BCUT2D eigenvalue weighted by atomic mass is 10.0. The van der Waals surface area contributed by atoms with Gasteiger partial charge in [0.25, 0.3) is 0 Å². The van der Waals surface area contributed by atoms with Gasteiger partial charge >= 0.3 is 0 Å². The Kier molecular flexibility index (Phi) is 8.46. The second kappa shape index (κ2) is 11.3. The van der Waals surface area contributed by atoms with Gasteiger partial charge in [-0.25, -0.2) is 0 Å². The SMILES string of the molecule is CCC(=O)N(c1ccccc1)C1CCN(CCSc2ccc(OC)c(OC)c2)CC1. The zero-order chi connectivity index (χ0) is 21.3. The van der Waals surface area contributed by atoms with Crippen LogP contribution in [0, 0.1) is 0 Å². The van der Waals surface area contributed by atoms with Gasteiger partial charge in [0.2, 0.25) is 5.91 Å². The smallest absolute Gasteiger partial charge is 0.226 e. The maximum Gasteiger partial charge on any atom is 0.226 e. The van der Waals surface area contributed by atoms with Gasteiger partial charge in [-0.15, -0.1) is 11.8 Å². The Morgan fingerprint density at radius 2 is 1.77 bits per heavy atom. The van der Waals surface area contributed by atoms with E-state index >= 15 is 0 Å². The number of methoxy groups -OCH3 is 2. The summed E-state index contributed by atoms with van der Waals surface area (Å²) in [5, 5.41) is 0. The van der Waals surface area contributed by atoms with Gasteiger partial charge in [-0.05, 0) is 43.2 Å². The first-order chi connectivity index (χ1) is 14.7. The van der Waals surface area contributed by atoms with Gasteiger partial charge < -0.3 is 19.3 Å². The second-order valence-corrected chi connectivity index (χ2v) is 8.56. The summed E-state index contributed by atoms with van der Waals surface area (Å²) in [6.45, 7) is 5.03. The van der Waals surface area contributed by atoms with Crippen molar-refractivity contribution >= 4 is 23.4 Å². The predicted octanol–water partition coefficient (Wildman–Crippen LogP) is 4.70. The van der Waals surface area contributed by atoms with Crippen molar-refractivity contribution in [2.24, 2.45) is 0 Å². The summed E-state index contributed by atoms with van der Waals surface area (Å²) in [4.78, 5) is 18.3. The molecule has 1 amide bonds. The van der Waals surface area contributed by atoms with Crippen molar-refractivity contribution in [2.75, 3.05) is 44.5 Å². The van der Waals surface area contributed by atoms with Gasteiger partial charge in [-0.2, -0.15) is 0 Å². The van der Waals surface area contributed by atoms with Crippen molar-refractivity contribution in [1.29, 1.82) is 0 Å². The number of anilines is 1. The molecule has 0 bridgehead atoms. The largest absolute Gasteiger partial charge is 0.493 e. The van der Waals surface area contributed by atoms with Gasteiger partial charge in [-0.3, -0.25) is 4.79 Å². The molecule has 1 heterocycles.